The lowest BCUT2D eigenvalue weighted by Crippen LogP contribution is -2.35. The molecular weight excluding hydrogens is 408 g/mol. The zero-order valence-corrected chi connectivity index (χ0v) is 18.6. The van der Waals surface area contributed by atoms with E-state index in [4.69, 9.17) is 9.47 Å². The second-order valence-corrected chi connectivity index (χ2v) is 7.70. The van der Waals surface area contributed by atoms with Gasteiger partial charge in [0.1, 0.15) is 23.9 Å². The lowest BCUT2D eigenvalue weighted by Gasteiger charge is -2.26. The summed E-state index contributed by atoms with van der Waals surface area (Å²) in [7, 11) is 5.35. The molecule has 7 heteroatoms. The standard InChI is InChI=1S/C25H28N2O5/c1-5-15-32-19-11-9-17(10-12-19)23(28)21-22(18-7-6-8-20(16-18)31-4)27(14-13-26(2)3)25(30)24(21)29/h5-12,16,22,28H,1,13-15H2,2-4H3/b23-21-. The molecule has 1 aliphatic rings. The quantitative estimate of drug-likeness (QED) is 0.281. The summed E-state index contributed by atoms with van der Waals surface area (Å²) in [5.74, 6) is -0.353. The van der Waals surface area contributed by atoms with Crippen molar-refractivity contribution < 1.29 is 24.2 Å². The maximum Gasteiger partial charge on any atom is 0.295 e. The van der Waals surface area contributed by atoms with Crippen molar-refractivity contribution in [3.63, 3.8) is 0 Å². The van der Waals surface area contributed by atoms with Gasteiger partial charge in [-0.2, -0.15) is 0 Å². The number of carbonyl (C=O) groups excluding carboxylic acids is 2. The Hall–Kier alpha value is -3.58. The van der Waals surface area contributed by atoms with Crippen LogP contribution in [0.2, 0.25) is 0 Å². The first-order chi connectivity index (χ1) is 15.4. The van der Waals surface area contributed by atoms with E-state index in [-0.39, 0.29) is 11.3 Å². The van der Waals surface area contributed by atoms with Gasteiger partial charge in [0.15, 0.2) is 0 Å². The van der Waals surface area contributed by atoms with Crippen LogP contribution in [0.1, 0.15) is 17.2 Å². The van der Waals surface area contributed by atoms with Crippen molar-refractivity contribution >= 4 is 17.4 Å². The fraction of sp³-hybridized carbons (Fsp3) is 0.280. The number of aliphatic hydroxyl groups is 1. The van der Waals surface area contributed by atoms with E-state index in [1.54, 1.807) is 55.7 Å². The van der Waals surface area contributed by atoms with Crippen LogP contribution in [0, 0.1) is 0 Å². The molecule has 1 amide bonds. The van der Waals surface area contributed by atoms with Gasteiger partial charge in [-0.25, -0.2) is 0 Å². The zero-order chi connectivity index (χ0) is 23.3. The predicted octanol–water partition coefficient (Wildman–Crippen LogP) is 3.24. The zero-order valence-electron chi connectivity index (χ0n) is 18.6. The molecule has 0 aliphatic carbocycles. The highest BCUT2D eigenvalue weighted by Gasteiger charge is 2.46. The van der Waals surface area contributed by atoms with Crippen LogP contribution in [0.25, 0.3) is 5.76 Å². The fourth-order valence-electron chi connectivity index (χ4n) is 3.60. The van der Waals surface area contributed by atoms with Gasteiger partial charge in [0, 0.05) is 18.7 Å². The minimum absolute atomic E-state index is 0.0572. The number of hydrogen-bond donors (Lipinski definition) is 1. The van der Waals surface area contributed by atoms with Gasteiger partial charge in [0.2, 0.25) is 0 Å². The minimum Gasteiger partial charge on any atom is -0.507 e. The number of aliphatic hydroxyl groups excluding tert-OH is 1. The molecule has 0 radical (unpaired) electrons. The van der Waals surface area contributed by atoms with E-state index in [9.17, 15) is 14.7 Å². The van der Waals surface area contributed by atoms with Gasteiger partial charge in [0.05, 0.1) is 18.7 Å². The van der Waals surface area contributed by atoms with Crippen molar-refractivity contribution in [2.24, 2.45) is 0 Å². The molecule has 1 heterocycles. The molecule has 7 nitrogen and oxygen atoms in total. The van der Waals surface area contributed by atoms with E-state index in [1.807, 2.05) is 25.1 Å². The largest absolute Gasteiger partial charge is 0.507 e. The number of carbonyl (C=O) groups is 2. The summed E-state index contributed by atoms with van der Waals surface area (Å²) in [4.78, 5) is 29.4. The fourth-order valence-corrected chi connectivity index (χ4v) is 3.60. The van der Waals surface area contributed by atoms with Gasteiger partial charge in [-0.1, -0.05) is 24.8 Å². The Labute approximate surface area is 188 Å². The summed E-state index contributed by atoms with van der Waals surface area (Å²) in [6.45, 7) is 4.88. The van der Waals surface area contributed by atoms with Crippen molar-refractivity contribution in [1.29, 1.82) is 0 Å². The smallest absolute Gasteiger partial charge is 0.295 e. The molecule has 0 saturated carbocycles. The maximum absolute atomic E-state index is 13.0. The van der Waals surface area contributed by atoms with E-state index in [0.717, 1.165) is 0 Å². The Kier molecular flexibility index (Phi) is 7.33. The van der Waals surface area contributed by atoms with E-state index in [1.165, 1.54) is 4.90 Å². The number of ketones is 1. The molecular formula is C25H28N2O5. The number of ether oxygens (including phenoxy) is 2. The number of methoxy groups -OCH3 is 1. The highest BCUT2D eigenvalue weighted by atomic mass is 16.5. The first kappa shape index (κ1) is 23.1. The number of nitrogens with zero attached hydrogens (tertiary/aromatic N) is 2. The van der Waals surface area contributed by atoms with E-state index >= 15 is 0 Å². The highest BCUT2D eigenvalue weighted by Crippen LogP contribution is 2.40. The molecule has 2 aromatic rings. The molecule has 1 N–H and O–H groups in total. The molecule has 168 valence electrons. The second kappa shape index (κ2) is 10.2. The number of hydrogen-bond acceptors (Lipinski definition) is 6. The Morgan fingerprint density at radius 2 is 1.88 bits per heavy atom. The number of likely N-dealkylation sites (tertiary alicyclic amines) is 1. The van der Waals surface area contributed by atoms with Crippen LogP contribution in [0.3, 0.4) is 0 Å². The van der Waals surface area contributed by atoms with Crippen molar-refractivity contribution in [3.8, 4) is 11.5 Å². The molecule has 0 aromatic heterocycles. The van der Waals surface area contributed by atoms with Crippen LogP contribution < -0.4 is 9.47 Å². The Bertz CT molecular complexity index is 1030. The average molecular weight is 437 g/mol. The Morgan fingerprint density at radius 1 is 1.16 bits per heavy atom. The molecule has 0 bridgehead atoms. The van der Waals surface area contributed by atoms with Crippen LogP contribution >= 0.6 is 0 Å². The number of Topliss-reactive ketones (excluding diaryl/α,β-unsaturated/α-hetero) is 1. The highest BCUT2D eigenvalue weighted by molar-refractivity contribution is 6.46. The van der Waals surface area contributed by atoms with Crippen LogP contribution in [0.5, 0.6) is 11.5 Å². The van der Waals surface area contributed by atoms with Gasteiger partial charge in [-0.3, -0.25) is 9.59 Å². The Balaban J connectivity index is 2.08. The first-order valence-electron chi connectivity index (χ1n) is 10.3. The van der Waals surface area contributed by atoms with E-state index < -0.39 is 17.7 Å². The summed E-state index contributed by atoms with van der Waals surface area (Å²) in [6, 6.07) is 13.2. The van der Waals surface area contributed by atoms with Gasteiger partial charge >= 0.3 is 0 Å². The number of likely N-dealkylation sites (N-methyl/N-ethyl adjacent to an activating group) is 1. The normalized spacial score (nSPS) is 17.6. The van der Waals surface area contributed by atoms with E-state index in [2.05, 4.69) is 6.58 Å². The third-order valence-corrected chi connectivity index (χ3v) is 5.23. The van der Waals surface area contributed by atoms with Crippen molar-refractivity contribution in [3.05, 3.63) is 77.9 Å². The maximum atomic E-state index is 13.0. The van der Waals surface area contributed by atoms with Crippen LogP contribution in [0.4, 0.5) is 0 Å². The molecule has 2 aromatic carbocycles. The average Bonchev–Trinajstić information content (AvgIpc) is 3.06. The third-order valence-electron chi connectivity index (χ3n) is 5.23. The third kappa shape index (κ3) is 4.84. The van der Waals surface area contributed by atoms with Gasteiger partial charge in [0.25, 0.3) is 11.7 Å². The summed E-state index contributed by atoms with van der Waals surface area (Å²) in [5.41, 5.74) is 1.17. The lowest BCUT2D eigenvalue weighted by molar-refractivity contribution is -0.140. The summed E-state index contributed by atoms with van der Waals surface area (Å²) in [5, 5.41) is 11.1. The molecule has 3 rings (SSSR count). The van der Waals surface area contributed by atoms with Crippen molar-refractivity contribution in [2.75, 3.05) is 40.9 Å². The van der Waals surface area contributed by atoms with Gasteiger partial charge in [-0.05, 0) is 56.1 Å². The lowest BCUT2D eigenvalue weighted by atomic mass is 9.95. The first-order valence-corrected chi connectivity index (χ1v) is 10.3. The topological polar surface area (TPSA) is 79.3 Å². The number of rotatable bonds is 9. The van der Waals surface area contributed by atoms with Gasteiger partial charge in [-0.15, -0.1) is 0 Å². The number of amides is 1. The number of benzene rings is 2. The molecule has 0 spiro atoms. The molecule has 1 saturated heterocycles. The second-order valence-electron chi connectivity index (χ2n) is 7.70. The molecule has 1 unspecified atom stereocenters. The van der Waals surface area contributed by atoms with Crippen LogP contribution in [0.15, 0.2) is 66.8 Å². The summed E-state index contributed by atoms with van der Waals surface area (Å²) < 4.78 is 10.8. The summed E-state index contributed by atoms with van der Waals surface area (Å²) >= 11 is 0. The summed E-state index contributed by atoms with van der Waals surface area (Å²) in [6.07, 6.45) is 1.64. The molecule has 32 heavy (non-hydrogen) atoms. The van der Waals surface area contributed by atoms with Gasteiger partial charge < -0.3 is 24.4 Å². The monoisotopic (exact) mass is 436 g/mol. The van der Waals surface area contributed by atoms with Crippen molar-refractivity contribution in [1.82, 2.24) is 9.80 Å². The molecule has 1 fully saturated rings. The van der Waals surface area contributed by atoms with Crippen LogP contribution in [-0.4, -0.2) is 67.5 Å². The molecule has 1 atom stereocenters. The molecule has 1 aliphatic heterocycles. The predicted molar refractivity (Wildman–Crippen MR) is 123 cm³/mol. The minimum atomic E-state index is -0.721. The van der Waals surface area contributed by atoms with Crippen LogP contribution in [-0.2, 0) is 9.59 Å². The van der Waals surface area contributed by atoms with Crippen molar-refractivity contribution in [2.45, 2.75) is 6.04 Å². The SMILES string of the molecule is C=CCOc1ccc(/C(O)=C2/C(=O)C(=O)N(CCN(C)C)C2c2cccc(OC)c2)cc1. The van der Waals surface area contributed by atoms with E-state index in [0.29, 0.717) is 42.3 Å². The Morgan fingerprint density at radius 3 is 2.50 bits per heavy atom.